The molecule has 0 aliphatic carbocycles. The quantitative estimate of drug-likeness (QED) is 0.0732. The predicted octanol–water partition coefficient (Wildman–Crippen LogP) is -2.88. The molecule has 8 amide bonds. The van der Waals surface area contributed by atoms with Crippen molar-refractivity contribution in [1.29, 1.82) is 0 Å². The van der Waals surface area contributed by atoms with Crippen molar-refractivity contribution in [2.75, 3.05) is 6.54 Å². The van der Waals surface area contributed by atoms with Crippen LogP contribution in [0.1, 0.15) is 79.1 Å². The Morgan fingerprint density at radius 1 is 0.792 bits per heavy atom. The number of aliphatic carboxylic acids is 1. The number of hydrogen-bond acceptors (Lipinski definition) is 9. The number of rotatable bonds is 18. The van der Waals surface area contributed by atoms with E-state index in [1.165, 1.54) is 4.90 Å². The van der Waals surface area contributed by atoms with Gasteiger partial charge in [0, 0.05) is 25.8 Å². The highest BCUT2D eigenvalue weighted by Gasteiger charge is 2.41. The highest BCUT2D eigenvalue weighted by molar-refractivity contribution is 5.98. The monoisotopic (exact) mass is 680 g/mol. The lowest BCUT2D eigenvalue weighted by atomic mass is 10.00. The summed E-state index contributed by atoms with van der Waals surface area (Å²) in [7, 11) is 0. The van der Waals surface area contributed by atoms with Gasteiger partial charge >= 0.3 is 5.97 Å². The van der Waals surface area contributed by atoms with Crippen LogP contribution in [0.5, 0.6) is 0 Å². The first-order valence-electron chi connectivity index (χ1n) is 16.0. The Morgan fingerprint density at radius 2 is 1.31 bits per heavy atom. The van der Waals surface area contributed by atoms with Crippen molar-refractivity contribution in [2.24, 2.45) is 23.3 Å². The van der Waals surface area contributed by atoms with E-state index in [9.17, 15) is 48.3 Å². The third-order valence-corrected chi connectivity index (χ3v) is 8.23. The zero-order chi connectivity index (χ0) is 36.3. The van der Waals surface area contributed by atoms with Gasteiger partial charge in [0.15, 0.2) is 0 Å². The van der Waals surface area contributed by atoms with Crippen LogP contribution in [-0.4, -0.2) is 106 Å². The zero-order valence-corrected chi connectivity index (χ0v) is 27.7. The second-order valence-electron chi connectivity index (χ2n) is 12.8. The van der Waals surface area contributed by atoms with Gasteiger partial charge in [-0.3, -0.25) is 38.4 Å². The van der Waals surface area contributed by atoms with Gasteiger partial charge in [0.2, 0.25) is 47.3 Å². The average Bonchev–Trinajstić information content (AvgIpc) is 3.66. The van der Waals surface area contributed by atoms with Gasteiger partial charge in [-0.2, -0.15) is 0 Å². The smallest absolute Gasteiger partial charge is 0.326 e. The van der Waals surface area contributed by atoms with Gasteiger partial charge in [-0.1, -0.05) is 27.7 Å². The number of carboxylic acid groups (broad SMARTS) is 1. The van der Waals surface area contributed by atoms with Gasteiger partial charge in [-0.25, -0.2) is 4.79 Å². The summed E-state index contributed by atoms with van der Waals surface area (Å²) < 4.78 is 0. The normalized spacial score (nSPS) is 19.9. The number of amides is 8. The highest BCUT2D eigenvalue weighted by Crippen LogP contribution is 2.21. The molecule has 2 aliphatic heterocycles. The molecule has 0 aromatic carbocycles. The predicted molar refractivity (Wildman–Crippen MR) is 168 cm³/mol. The Balaban J connectivity index is 2.21. The minimum atomic E-state index is -1.38. The summed E-state index contributed by atoms with van der Waals surface area (Å²) in [6.45, 7) is 6.62. The molecule has 10 N–H and O–H groups in total. The third-order valence-electron chi connectivity index (χ3n) is 8.23. The molecule has 2 aliphatic rings. The van der Waals surface area contributed by atoms with Crippen LogP contribution >= 0.6 is 0 Å². The Kier molecular flexibility index (Phi) is 14.7. The number of hydrogen-bond donors (Lipinski definition) is 8. The van der Waals surface area contributed by atoms with E-state index in [4.69, 9.17) is 11.5 Å². The molecule has 0 radical (unpaired) electrons. The number of carbonyl (C=O) groups excluding carboxylic acids is 8. The van der Waals surface area contributed by atoms with Gasteiger partial charge in [0.05, 0.1) is 0 Å². The minimum absolute atomic E-state index is 0.193. The number of carbonyl (C=O) groups is 9. The summed E-state index contributed by atoms with van der Waals surface area (Å²) in [4.78, 5) is 114. The van der Waals surface area contributed by atoms with E-state index >= 15 is 0 Å². The molecule has 18 nitrogen and oxygen atoms in total. The average molecular weight is 681 g/mol. The van der Waals surface area contributed by atoms with Crippen LogP contribution in [0.4, 0.5) is 0 Å². The van der Waals surface area contributed by atoms with Crippen LogP contribution < -0.4 is 38.1 Å². The summed E-state index contributed by atoms with van der Waals surface area (Å²) in [6.07, 6.45) is 0.204. The number of carboxylic acids is 1. The molecule has 2 fully saturated rings. The molecule has 6 atom stereocenters. The topological polar surface area (TPSA) is 289 Å². The van der Waals surface area contributed by atoms with Crippen molar-refractivity contribution in [3.05, 3.63) is 0 Å². The molecule has 268 valence electrons. The van der Waals surface area contributed by atoms with Gasteiger partial charge in [-0.15, -0.1) is 0 Å². The maximum atomic E-state index is 13.5. The van der Waals surface area contributed by atoms with Gasteiger partial charge in [-0.05, 0) is 43.9 Å². The molecular weight excluding hydrogens is 632 g/mol. The summed E-state index contributed by atoms with van der Waals surface area (Å²) in [5.41, 5.74) is 10.5. The van der Waals surface area contributed by atoms with Gasteiger partial charge in [0.25, 0.3) is 0 Å². The fourth-order valence-corrected chi connectivity index (χ4v) is 5.50. The van der Waals surface area contributed by atoms with E-state index in [1.807, 2.05) is 0 Å². The fraction of sp³-hybridized carbons (Fsp3) is 0.700. The van der Waals surface area contributed by atoms with Crippen molar-refractivity contribution in [3.63, 3.8) is 0 Å². The summed E-state index contributed by atoms with van der Waals surface area (Å²) in [5.74, 6) is -7.80. The lowest BCUT2D eigenvalue weighted by molar-refractivity contribution is -0.144. The second kappa shape index (κ2) is 18.0. The van der Waals surface area contributed by atoms with Gasteiger partial charge < -0.3 is 48.1 Å². The molecule has 0 unspecified atom stereocenters. The van der Waals surface area contributed by atoms with Gasteiger partial charge in [0.1, 0.15) is 36.3 Å². The molecule has 0 aromatic heterocycles. The van der Waals surface area contributed by atoms with Crippen molar-refractivity contribution in [3.8, 4) is 0 Å². The van der Waals surface area contributed by atoms with Crippen LogP contribution in [0, 0.1) is 11.8 Å². The van der Waals surface area contributed by atoms with Crippen LogP contribution in [0.2, 0.25) is 0 Å². The van der Waals surface area contributed by atoms with E-state index in [1.54, 1.807) is 27.7 Å². The van der Waals surface area contributed by atoms with E-state index in [2.05, 4.69) is 26.6 Å². The molecule has 0 aromatic rings. The van der Waals surface area contributed by atoms with Crippen LogP contribution in [-0.2, 0) is 43.2 Å². The van der Waals surface area contributed by atoms with Crippen LogP contribution in [0.25, 0.3) is 0 Å². The lowest BCUT2D eigenvalue weighted by Crippen LogP contribution is -2.60. The number of primary amides is 2. The third kappa shape index (κ3) is 11.5. The molecular formula is C30H48N8O10. The molecule has 2 saturated heterocycles. The number of nitrogens with one attached hydrogen (secondary N) is 5. The summed E-state index contributed by atoms with van der Waals surface area (Å²) in [6, 6.07) is -7.00. The summed E-state index contributed by atoms with van der Waals surface area (Å²) >= 11 is 0. The second-order valence-corrected chi connectivity index (χ2v) is 12.8. The molecule has 0 saturated carbocycles. The molecule has 18 heteroatoms. The maximum absolute atomic E-state index is 13.5. The number of likely N-dealkylation sites (tertiary alicyclic amines) is 1. The SMILES string of the molecule is CC(C)[C@H](NC(=O)[C@H](CCC(N)=O)NC(=O)[C@@H](NC(=O)[C@H](CCC(N)=O)NC(=O)[C@@H]1CCCN1C(=O)[C@@H]1CCC(=O)N1)C(C)C)C(=O)O. The fourth-order valence-electron chi connectivity index (χ4n) is 5.50. The molecule has 0 bridgehead atoms. The van der Waals surface area contributed by atoms with Crippen LogP contribution in [0.3, 0.4) is 0 Å². The first-order valence-corrected chi connectivity index (χ1v) is 16.0. The molecule has 2 rings (SSSR count). The van der Waals surface area contributed by atoms with E-state index in [-0.39, 0.29) is 44.6 Å². The first kappa shape index (κ1) is 39.4. The standard InChI is InChI=1S/C30H48N8O10/c1-14(2)23(28(45)35-17(8-11-21(32)40)26(43)37-24(15(3)4)30(47)48)36-25(42)16(7-10-20(31)39)34-27(44)19-6-5-13-38(19)29(46)18-9-12-22(41)33-18/h14-19,23-24H,5-13H2,1-4H3,(H2,31,39)(H2,32,40)(H,33,41)(H,34,44)(H,35,45)(H,36,42)(H,37,43)(H,47,48)/t16-,17-,18-,19-,23-,24-/m0/s1. The Labute approximate surface area is 278 Å². The minimum Gasteiger partial charge on any atom is -0.480 e. The highest BCUT2D eigenvalue weighted by atomic mass is 16.4. The molecule has 0 spiro atoms. The van der Waals surface area contributed by atoms with Crippen molar-refractivity contribution >= 4 is 53.2 Å². The molecule has 2 heterocycles. The summed E-state index contributed by atoms with van der Waals surface area (Å²) in [5, 5.41) is 22.0. The molecule has 48 heavy (non-hydrogen) atoms. The Morgan fingerprint density at radius 3 is 1.77 bits per heavy atom. The maximum Gasteiger partial charge on any atom is 0.326 e. The van der Waals surface area contributed by atoms with E-state index < -0.39 is 95.4 Å². The van der Waals surface area contributed by atoms with E-state index in [0.29, 0.717) is 19.3 Å². The first-order chi connectivity index (χ1) is 22.4. The van der Waals surface area contributed by atoms with Crippen LogP contribution in [0.15, 0.2) is 0 Å². The zero-order valence-electron chi connectivity index (χ0n) is 27.7. The van der Waals surface area contributed by atoms with E-state index in [0.717, 1.165) is 0 Å². The lowest BCUT2D eigenvalue weighted by Gasteiger charge is -2.30. The van der Waals surface area contributed by atoms with Crippen molar-refractivity contribution in [2.45, 2.75) is 115 Å². The number of nitrogens with two attached hydrogens (primary N) is 2. The Bertz CT molecular complexity index is 1270. The Hall–Kier alpha value is -4.77. The number of nitrogens with zero attached hydrogens (tertiary/aromatic N) is 1. The van der Waals surface area contributed by atoms with Crippen molar-refractivity contribution in [1.82, 2.24) is 31.5 Å². The largest absolute Gasteiger partial charge is 0.480 e. The van der Waals surface area contributed by atoms with Crippen molar-refractivity contribution < 1.29 is 48.3 Å².